The minimum atomic E-state index is -0.157. The van der Waals surface area contributed by atoms with Crippen molar-refractivity contribution in [2.75, 3.05) is 20.3 Å². The van der Waals surface area contributed by atoms with Crippen LogP contribution in [0.15, 0.2) is 72.9 Å². The first-order chi connectivity index (χ1) is 14.6. The molecule has 1 atom stereocenters. The molecule has 0 fully saturated rings. The molecular formula is C25H29ClN2O2. The van der Waals surface area contributed by atoms with Crippen LogP contribution >= 0.6 is 11.6 Å². The van der Waals surface area contributed by atoms with E-state index in [2.05, 4.69) is 17.6 Å². The van der Waals surface area contributed by atoms with Crippen molar-refractivity contribution in [3.63, 3.8) is 0 Å². The van der Waals surface area contributed by atoms with Gasteiger partial charge in [-0.2, -0.15) is 0 Å². The maximum atomic E-state index is 13.5. The van der Waals surface area contributed by atoms with Gasteiger partial charge in [0.2, 0.25) is 5.91 Å². The van der Waals surface area contributed by atoms with E-state index >= 15 is 0 Å². The number of methoxy groups -OCH3 is 1. The molecule has 0 saturated carbocycles. The summed E-state index contributed by atoms with van der Waals surface area (Å²) in [7, 11) is 1.66. The number of hydrogen-bond donors (Lipinski definition) is 0. The van der Waals surface area contributed by atoms with Crippen molar-refractivity contribution in [1.29, 1.82) is 0 Å². The summed E-state index contributed by atoms with van der Waals surface area (Å²) in [5, 5.41) is 0.750. The van der Waals surface area contributed by atoms with Crippen molar-refractivity contribution in [1.82, 2.24) is 9.47 Å². The molecule has 0 aliphatic carbocycles. The summed E-state index contributed by atoms with van der Waals surface area (Å²) in [4.78, 5) is 15.4. The van der Waals surface area contributed by atoms with Gasteiger partial charge < -0.3 is 14.2 Å². The first-order valence-electron chi connectivity index (χ1n) is 10.3. The van der Waals surface area contributed by atoms with Crippen LogP contribution in [-0.2, 0) is 22.6 Å². The fourth-order valence-corrected chi connectivity index (χ4v) is 3.88. The van der Waals surface area contributed by atoms with E-state index in [4.69, 9.17) is 16.3 Å². The zero-order valence-corrected chi connectivity index (χ0v) is 18.4. The SMILES string of the molecule is CC[C@H](C(=O)N(CCOC)Cc1cccn1Cc1ccccc1Cl)c1ccccc1. The van der Waals surface area contributed by atoms with Gasteiger partial charge in [0.25, 0.3) is 0 Å². The molecule has 0 spiro atoms. The highest BCUT2D eigenvalue weighted by Crippen LogP contribution is 2.24. The van der Waals surface area contributed by atoms with Gasteiger partial charge in [-0.15, -0.1) is 0 Å². The second kappa shape index (κ2) is 11.0. The van der Waals surface area contributed by atoms with Crippen LogP contribution < -0.4 is 0 Å². The van der Waals surface area contributed by atoms with Crippen LogP contribution in [-0.4, -0.2) is 35.6 Å². The molecule has 2 aromatic carbocycles. The molecule has 30 heavy (non-hydrogen) atoms. The number of ether oxygens (including phenoxy) is 1. The molecule has 0 N–H and O–H groups in total. The largest absolute Gasteiger partial charge is 0.383 e. The van der Waals surface area contributed by atoms with Gasteiger partial charge in [-0.05, 0) is 35.7 Å². The highest BCUT2D eigenvalue weighted by molar-refractivity contribution is 6.31. The zero-order chi connectivity index (χ0) is 21.3. The van der Waals surface area contributed by atoms with Crippen LogP contribution in [0.2, 0.25) is 5.02 Å². The Bertz CT molecular complexity index is 939. The molecule has 0 saturated heterocycles. The van der Waals surface area contributed by atoms with E-state index in [1.807, 2.05) is 71.8 Å². The van der Waals surface area contributed by atoms with Crippen molar-refractivity contribution >= 4 is 17.5 Å². The van der Waals surface area contributed by atoms with Crippen molar-refractivity contribution in [2.45, 2.75) is 32.4 Å². The number of hydrogen-bond acceptors (Lipinski definition) is 2. The molecular weight excluding hydrogens is 396 g/mol. The second-order valence-electron chi connectivity index (χ2n) is 7.34. The monoisotopic (exact) mass is 424 g/mol. The molecule has 0 bridgehead atoms. The minimum Gasteiger partial charge on any atom is -0.383 e. The molecule has 4 nitrogen and oxygen atoms in total. The summed E-state index contributed by atoms with van der Waals surface area (Å²) in [5.41, 5.74) is 3.18. The standard InChI is InChI=1S/C25H29ClN2O2/c1-3-23(20-10-5-4-6-11-20)25(29)28(16-17-30-2)19-22-13-9-15-27(22)18-21-12-7-8-14-24(21)26/h4-15,23H,3,16-19H2,1-2H3/t23-/m0/s1. The molecule has 0 aliphatic rings. The van der Waals surface area contributed by atoms with Crippen LogP contribution in [0.1, 0.15) is 36.1 Å². The lowest BCUT2D eigenvalue weighted by atomic mass is 9.95. The predicted octanol–water partition coefficient (Wildman–Crippen LogP) is 5.36. The van der Waals surface area contributed by atoms with Gasteiger partial charge in [-0.3, -0.25) is 4.79 Å². The summed E-state index contributed by atoms with van der Waals surface area (Å²) < 4.78 is 7.43. The van der Waals surface area contributed by atoms with E-state index in [0.717, 1.165) is 28.3 Å². The van der Waals surface area contributed by atoms with Crippen LogP contribution in [0.5, 0.6) is 0 Å². The fourth-order valence-electron chi connectivity index (χ4n) is 3.68. The van der Waals surface area contributed by atoms with Crippen molar-refractivity contribution in [2.24, 2.45) is 0 Å². The average Bonchev–Trinajstić information content (AvgIpc) is 3.20. The third-order valence-electron chi connectivity index (χ3n) is 5.36. The lowest BCUT2D eigenvalue weighted by molar-refractivity contribution is -0.134. The molecule has 1 aromatic heterocycles. The molecule has 0 unspecified atom stereocenters. The Labute approximate surface area is 184 Å². The normalized spacial score (nSPS) is 12.0. The number of carbonyl (C=O) groups excluding carboxylic acids is 1. The Morgan fingerprint density at radius 2 is 1.80 bits per heavy atom. The van der Waals surface area contributed by atoms with Gasteiger partial charge in [-0.1, -0.05) is 67.1 Å². The number of amides is 1. The van der Waals surface area contributed by atoms with Crippen LogP contribution in [0, 0.1) is 0 Å². The topological polar surface area (TPSA) is 34.5 Å². The lowest BCUT2D eigenvalue weighted by Crippen LogP contribution is -2.37. The Morgan fingerprint density at radius 1 is 1.07 bits per heavy atom. The van der Waals surface area contributed by atoms with Crippen molar-refractivity contribution in [3.8, 4) is 0 Å². The molecule has 3 aromatic rings. The number of aromatic nitrogens is 1. The Kier molecular flexibility index (Phi) is 8.12. The molecule has 158 valence electrons. The van der Waals surface area contributed by atoms with E-state index in [0.29, 0.717) is 26.2 Å². The number of carbonyl (C=O) groups is 1. The van der Waals surface area contributed by atoms with E-state index in [9.17, 15) is 4.79 Å². The van der Waals surface area contributed by atoms with Gasteiger partial charge in [0.05, 0.1) is 19.1 Å². The van der Waals surface area contributed by atoms with E-state index in [1.54, 1.807) is 7.11 Å². The van der Waals surface area contributed by atoms with Gasteiger partial charge in [0, 0.05) is 37.1 Å². The Balaban J connectivity index is 1.81. The Morgan fingerprint density at radius 3 is 2.50 bits per heavy atom. The maximum Gasteiger partial charge on any atom is 0.230 e. The zero-order valence-electron chi connectivity index (χ0n) is 17.6. The average molecular weight is 425 g/mol. The number of nitrogens with zero attached hydrogens (tertiary/aromatic N) is 2. The quantitative estimate of drug-likeness (QED) is 0.439. The van der Waals surface area contributed by atoms with Gasteiger partial charge in [0.1, 0.15) is 0 Å². The summed E-state index contributed by atoms with van der Waals surface area (Å²) in [6.07, 6.45) is 2.79. The number of benzene rings is 2. The second-order valence-corrected chi connectivity index (χ2v) is 7.75. The maximum absolute atomic E-state index is 13.5. The van der Waals surface area contributed by atoms with Crippen molar-refractivity contribution in [3.05, 3.63) is 94.8 Å². The molecule has 1 amide bonds. The highest BCUT2D eigenvalue weighted by Gasteiger charge is 2.25. The molecule has 3 rings (SSSR count). The Hall–Kier alpha value is -2.56. The number of halogens is 1. The van der Waals surface area contributed by atoms with E-state index < -0.39 is 0 Å². The minimum absolute atomic E-state index is 0.131. The first-order valence-corrected chi connectivity index (χ1v) is 10.7. The molecule has 0 aliphatic heterocycles. The smallest absolute Gasteiger partial charge is 0.230 e. The van der Waals surface area contributed by atoms with Gasteiger partial charge in [-0.25, -0.2) is 0 Å². The third-order valence-corrected chi connectivity index (χ3v) is 5.73. The van der Waals surface area contributed by atoms with Crippen LogP contribution in [0.4, 0.5) is 0 Å². The van der Waals surface area contributed by atoms with E-state index in [1.165, 1.54) is 0 Å². The van der Waals surface area contributed by atoms with Gasteiger partial charge >= 0.3 is 0 Å². The van der Waals surface area contributed by atoms with Crippen LogP contribution in [0.25, 0.3) is 0 Å². The summed E-state index contributed by atoms with van der Waals surface area (Å²) in [6.45, 7) is 4.31. The summed E-state index contributed by atoms with van der Waals surface area (Å²) >= 11 is 6.35. The third kappa shape index (κ3) is 5.53. The highest BCUT2D eigenvalue weighted by atomic mass is 35.5. The molecule has 0 radical (unpaired) electrons. The predicted molar refractivity (Wildman–Crippen MR) is 122 cm³/mol. The summed E-state index contributed by atoms with van der Waals surface area (Å²) in [6, 6.07) is 21.9. The number of rotatable bonds is 10. The molecule has 1 heterocycles. The van der Waals surface area contributed by atoms with E-state index in [-0.39, 0.29) is 11.8 Å². The lowest BCUT2D eigenvalue weighted by Gasteiger charge is -2.28. The first kappa shape index (κ1) is 22.1. The van der Waals surface area contributed by atoms with Crippen molar-refractivity contribution < 1.29 is 9.53 Å². The summed E-state index contributed by atoms with van der Waals surface area (Å²) in [5.74, 6) is -0.0266. The fraction of sp³-hybridized carbons (Fsp3) is 0.320. The van der Waals surface area contributed by atoms with Gasteiger partial charge in [0.15, 0.2) is 0 Å². The molecule has 5 heteroatoms. The van der Waals surface area contributed by atoms with Crippen LogP contribution in [0.3, 0.4) is 0 Å².